The Kier molecular flexibility index (Phi) is 1.70. The summed E-state index contributed by atoms with van der Waals surface area (Å²) >= 11 is 0. The van der Waals surface area contributed by atoms with Gasteiger partial charge in [-0.3, -0.25) is 0 Å². The molecule has 1 unspecified atom stereocenters. The standard InChI is InChI=1S/C6H9F2O/c7-5-3-1-2-4-6(5,8)9/h9H,1-4H2. The maximum atomic E-state index is 12.4. The van der Waals surface area contributed by atoms with Gasteiger partial charge in [-0.05, 0) is 19.3 Å². The molecule has 0 aromatic heterocycles. The predicted octanol–water partition coefficient (Wildman–Crippen LogP) is 1.72. The molecule has 0 spiro atoms. The van der Waals surface area contributed by atoms with Crippen molar-refractivity contribution in [3.8, 4) is 0 Å². The summed E-state index contributed by atoms with van der Waals surface area (Å²) in [5.74, 6) is -2.61. The molecule has 1 rings (SSSR count). The highest BCUT2D eigenvalue weighted by molar-refractivity contribution is 4.95. The maximum Gasteiger partial charge on any atom is 0.244 e. The van der Waals surface area contributed by atoms with Gasteiger partial charge in [-0.2, -0.15) is 0 Å². The van der Waals surface area contributed by atoms with Gasteiger partial charge >= 0.3 is 0 Å². The lowest BCUT2D eigenvalue weighted by Gasteiger charge is -2.25. The van der Waals surface area contributed by atoms with Gasteiger partial charge in [0.15, 0.2) is 0 Å². The molecule has 1 aliphatic carbocycles. The molecule has 0 saturated heterocycles. The second kappa shape index (κ2) is 2.21. The van der Waals surface area contributed by atoms with Gasteiger partial charge in [-0.25, -0.2) is 8.78 Å². The van der Waals surface area contributed by atoms with E-state index >= 15 is 0 Å². The van der Waals surface area contributed by atoms with E-state index in [4.69, 9.17) is 5.11 Å². The van der Waals surface area contributed by atoms with Crippen LogP contribution in [0, 0.1) is 6.17 Å². The Bertz CT molecular complexity index is 103. The van der Waals surface area contributed by atoms with Gasteiger partial charge in [0.2, 0.25) is 12.0 Å². The minimum Gasteiger partial charge on any atom is -0.359 e. The molecular formula is C6H9F2O. The lowest BCUT2D eigenvalue weighted by molar-refractivity contribution is -0.119. The molecule has 3 heteroatoms. The topological polar surface area (TPSA) is 20.2 Å². The molecule has 1 fully saturated rings. The first-order valence-corrected chi connectivity index (χ1v) is 3.06. The lowest BCUT2D eigenvalue weighted by atomic mass is 9.94. The molecule has 1 aliphatic rings. The van der Waals surface area contributed by atoms with Crippen molar-refractivity contribution in [2.75, 3.05) is 0 Å². The van der Waals surface area contributed by atoms with Crippen LogP contribution in [0.15, 0.2) is 0 Å². The fourth-order valence-electron chi connectivity index (χ4n) is 0.967. The molecule has 1 N–H and O–H groups in total. The summed E-state index contributed by atoms with van der Waals surface area (Å²) in [5, 5.41) is 8.56. The van der Waals surface area contributed by atoms with Crippen LogP contribution in [0.4, 0.5) is 8.78 Å². The Morgan fingerprint density at radius 2 is 2.11 bits per heavy atom. The number of halogens is 2. The zero-order chi connectivity index (χ0) is 6.91. The lowest BCUT2D eigenvalue weighted by Crippen LogP contribution is -2.31. The molecule has 0 bridgehead atoms. The van der Waals surface area contributed by atoms with Crippen LogP contribution in [0.25, 0.3) is 0 Å². The van der Waals surface area contributed by atoms with Crippen LogP contribution in [0.3, 0.4) is 0 Å². The number of hydrogen-bond acceptors (Lipinski definition) is 1. The van der Waals surface area contributed by atoms with Crippen LogP contribution >= 0.6 is 0 Å². The Morgan fingerprint density at radius 1 is 1.44 bits per heavy atom. The molecule has 0 aromatic carbocycles. The third-order valence-electron chi connectivity index (χ3n) is 1.57. The van der Waals surface area contributed by atoms with E-state index in [0.717, 1.165) is 0 Å². The van der Waals surface area contributed by atoms with Crippen molar-refractivity contribution < 1.29 is 13.9 Å². The van der Waals surface area contributed by atoms with E-state index in [1.165, 1.54) is 0 Å². The Labute approximate surface area is 52.7 Å². The zero-order valence-electron chi connectivity index (χ0n) is 5.03. The van der Waals surface area contributed by atoms with Crippen LogP contribution in [0.2, 0.25) is 0 Å². The minimum absolute atomic E-state index is 0.0764. The molecule has 1 saturated carbocycles. The monoisotopic (exact) mass is 135 g/mol. The summed E-state index contributed by atoms with van der Waals surface area (Å²) < 4.78 is 24.7. The van der Waals surface area contributed by atoms with E-state index in [9.17, 15) is 8.78 Å². The summed E-state index contributed by atoms with van der Waals surface area (Å²) in [4.78, 5) is 0. The number of aliphatic hydroxyl groups is 1. The Hall–Kier alpha value is -0.180. The van der Waals surface area contributed by atoms with Gasteiger partial charge in [0.25, 0.3) is 0 Å². The minimum atomic E-state index is -2.61. The number of hydrogen-bond donors (Lipinski definition) is 1. The molecule has 0 amide bonds. The number of alkyl halides is 1. The fourth-order valence-corrected chi connectivity index (χ4v) is 0.967. The summed E-state index contributed by atoms with van der Waals surface area (Å²) in [7, 11) is 0. The van der Waals surface area contributed by atoms with E-state index in [2.05, 4.69) is 0 Å². The molecule has 1 radical (unpaired) electrons. The molecule has 9 heavy (non-hydrogen) atoms. The molecular weight excluding hydrogens is 126 g/mol. The van der Waals surface area contributed by atoms with Gasteiger partial charge in [-0.1, -0.05) is 0 Å². The Morgan fingerprint density at radius 3 is 2.44 bits per heavy atom. The zero-order valence-corrected chi connectivity index (χ0v) is 5.03. The largest absolute Gasteiger partial charge is 0.359 e. The van der Waals surface area contributed by atoms with Gasteiger partial charge in [-0.15, -0.1) is 0 Å². The SMILES string of the molecule is OC1(F)CCCC[C]1F. The highest BCUT2D eigenvalue weighted by Crippen LogP contribution is 2.37. The summed E-state index contributed by atoms with van der Waals surface area (Å²) in [6.45, 7) is 0. The first-order chi connectivity index (χ1) is 4.13. The smallest absolute Gasteiger partial charge is 0.244 e. The quantitative estimate of drug-likeness (QED) is 0.536. The van der Waals surface area contributed by atoms with Gasteiger partial charge < -0.3 is 5.11 Å². The average molecular weight is 135 g/mol. The predicted molar refractivity (Wildman–Crippen MR) is 28.9 cm³/mol. The van der Waals surface area contributed by atoms with Crippen molar-refractivity contribution in [2.45, 2.75) is 31.5 Å². The normalized spacial score (nSPS) is 39.0. The average Bonchev–Trinajstić information content (AvgIpc) is 1.77. The van der Waals surface area contributed by atoms with Crippen LogP contribution in [0.5, 0.6) is 0 Å². The van der Waals surface area contributed by atoms with E-state index in [0.29, 0.717) is 12.8 Å². The molecule has 1 atom stereocenters. The third kappa shape index (κ3) is 1.39. The van der Waals surface area contributed by atoms with Gasteiger partial charge in [0, 0.05) is 6.42 Å². The van der Waals surface area contributed by atoms with E-state index < -0.39 is 12.0 Å². The molecule has 53 valence electrons. The van der Waals surface area contributed by atoms with Gasteiger partial charge in [0.05, 0.1) is 0 Å². The third-order valence-corrected chi connectivity index (χ3v) is 1.57. The van der Waals surface area contributed by atoms with Crippen molar-refractivity contribution in [2.24, 2.45) is 0 Å². The fraction of sp³-hybridized carbons (Fsp3) is 0.833. The van der Waals surface area contributed by atoms with E-state index in [1.807, 2.05) is 0 Å². The second-order valence-electron chi connectivity index (χ2n) is 2.37. The molecule has 0 aromatic rings. The van der Waals surface area contributed by atoms with Crippen LogP contribution in [0.1, 0.15) is 25.7 Å². The van der Waals surface area contributed by atoms with Gasteiger partial charge in [0.1, 0.15) is 0 Å². The summed E-state index contributed by atoms with van der Waals surface area (Å²) in [5.41, 5.74) is 0. The Balaban J connectivity index is 2.49. The first kappa shape index (κ1) is 6.93. The molecule has 1 nitrogen and oxygen atoms in total. The summed E-state index contributed by atoms with van der Waals surface area (Å²) in [6, 6.07) is 0. The van der Waals surface area contributed by atoms with Crippen molar-refractivity contribution in [1.29, 1.82) is 0 Å². The number of rotatable bonds is 0. The highest BCUT2D eigenvalue weighted by atomic mass is 19.2. The molecule has 0 heterocycles. The van der Waals surface area contributed by atoms with Crippen molar-refractivity contribution in [1.82, 2.24) is 0 Å². The summed E-state index contributed by atoms with van der Waals surface area (Å²) in [6.07, 6.45) is 0.304. The molecule has 0 aliphatic heterocycles. The first-order valence-electron chi connectivity index (χ1n) is 3.06. The van der Waals surface area contributed by atoms with E-state index in [-0.39, 0.29) is 12.8 Å². The second-order valence-corrected chi connectivity index (χ2v) is 2.37. The maximum absolute atomic E-state index is 12.4. The van der Waals surface area contributed by atoms with E-state index in [1.54, 1.807) is 0 Å². The van der Waals surface area contributed by atoms with Crippen molar-refractivity contribution >= 4 is 0 Å². The van der Waals surface area contributed by atoms with Crippen LogP contribution in [-0.4, -0.2) is 11.0 Å². The van der Waals surface area contributed by atoms with Crippen molar-refractivity contribution in [3.05, 3.63) is 6.17 Å². The van der Waals surface area contributed by atoms with Crippen LogP contribution in [-0.2, 0) is 0 Å². The highest BCUT2D eigenvalue weighted by Gasteiger charge is 2.40. The van der Waals surface area contributed by atoms with Crippen molar-refractivity contribution in [3.63, 3.8) is 0 Å². The van der Waals surface area contributed by atoms with Crippen LogP contribution < -0.4 is 0 Å².